The lowest BCUT2D eigenvalue weighted by molar-refractivity contribution is -0.145. The lowest BCUT2D eigenvalue weighted by Crippen LogP contribution is -2.33. The number of esters is 1. The Balaban J connectivity index is 1.75. The fourth-order valence-corrected chi connectivity index (χ4v) is 2.54. The second kappa shape index (κ2) is 8.47. The van der Waals surface area contributed by atoms with Gasteiger partial charge in [0.1, 0.15) is 6.04 Å². The monoisotopic (exact) mass is 391 g/mol. The molecule has 1 N–H and O–H groups in total. The van der Waals surface area contributed by atoms with Gasteiger partial charge in [0.25, 0.3) is 0 Å². The number of nitrogens with one attached hydrogen (secondary N) is 1. The molecular weight excluding hydrogens is 376 g/mol. The maximum atomic E-state index is 12.0. The van der Waals surface area contributed by atoms with E-state index in [0.717, 1.165) is 4.47 Å². The van der Waals surface area contributed by atoms with Gasteiger partial charge in [-0.2, -0.15) is 8.78 Å². The van der Waals surface area contributed by atoms with Crippen LogP contribution in [0.25, 0.3) is 0 Å². The minimum atomic E-state index is -2.82. The smallest absolute Gasteiger partial charge is 0.345 e. The Morgan fingerprint density at radius 3 is 2.65 bits per heavy atom. The van der Waals surface area contributed by atoms with E-state index in [9.17, 15) is 18.4 Å². The highest BCUT2D eigenvalue weighted by molar-refractivity contribution is 9.10. The van der Waals surface area contributed by atoms with E-state index in [1.165, 1.54) is 0 Å². The van der Waals surface area contributed by atoms with Gasteiger partial charge in [-0.05, 0) is 24.5 Å². The van der Waals surface area contributed by atoms with Gasteiger partial charge in [-0.15, -0.1) is 0 Å². The van der Waals surface area contributed by atoms with Gasteiger partial charge in [-0.3, -0.25) is 9.59 Å². The van der Waals surface area contributed by atoms with Crippen molar-refractivity contribution in [2.24, 2.45) is 5.92 Å². The molecular formula is C15H16BrF2NO4. The summed E-state index contributed by atoms with van der Waals surface area (Å²) in [4.78, 5) is 23.8. The molecule has 0 bridgehead atoms. The number of alkyl halides is 2. The summed E-state index contributed by atoms with van der Waals surface area (Å²) in [5, 5.41) is 2.88. The quantitative estimate of drug-likeness (QED) is 0.571. The van der Waals surface area contributed by atoms with E-state index < -0.39 is 18.6 Å². The molecule has 126 valence electrons. The van der Waals surface area contributed by atoms with Crippen molar-refractivity contribution >= 4 is 27.7 Å². The first kappa shape index (κ1) is 18.0. The Morgan fingerprint density at radius 1 is 1.30 bits per heavy atom. The van der Waals surface area contributed by atoms with Crippen LogP contribution in [0.3, 0.4) is 0 Å². The van der Waals surface area contributed by atoms with Crippen molar-refractivity contribution in [3.05, 3.63) is 34.3 Å². The van der Waals surface area contributed by atoms with Crippen molar-refractivity contribution in [1.82, 2.24) is 5.32 Å². The Morgan fingerprint density at radius 2 is 2.00 bits per heavy atom. The first-order chi connectivity index (χ1) is 11.0. The van der Waals surface area contributed by atoms with Crippen molar-refractivity contribution < 1.29 is 27.8 Å². The van der Waals surface area contributed by atoms with E-state index in [0.29, 0.717) is 18.5 Å². The third-order valence-electron chi connectivity index (χ3n) is 3.48. The standard InChI is InChI=1S/C15H16BrF2NO4/c16-11-3-1-10(2-4-11)13(20)8-22-14(21)12-5-9(6-19-12)7-23-15(17)18/h1-4,9,12,15,19H,5-8H2/t9?,12-/m0/s1. The fourth-order valence-electron chi connectivity index (χ4n) is 2.28. The first-order valence-electron chi connectivity index (χ1n) is 7.04. The van der Waals surface area contributed by atoms with E-state index in [1.807, 2.05) is 0 Å². The van der Waals surface area contributed by atoms with Crippen molar-refractivity contribution in [3.8, 4) is 0 Å². The summed E-state index contributed by atoms with van der Waals surface area (Å²) >= 11 is 3.27. The summed E-state index contributed by atoms with van der Waals surface area (Å²) in [6.45, 7) is -2.89. The van der Waals surface area contributed by atoms with Gasteiger partial charge in [0.15, 0.2) is 12.4 Å². The van der Waals surface area contributed by atoms with Crippen LogP contribution in [0.15, 0.2) is 28.7 Å². The van der Waals surface area contributed by atoms with E-state index in [4.69, 9.17) is 4.74 Å². The number of Topliss-reactive ketones (excluding diaryl/α,β-unsaturated/α-hetero) is 1. The molecule has 0 radical (unpaired) electrons. The third-order valence-corrected chi connectivity index (χ3v) is 4.00. The minimum absolute atomic E-state index is 0.119. The Kier molecular flexibility index (Phi) is 6.61. The molecule has 1 fully saturated rings. The van der Waals surface area contributed by atoms with Crippen LogP contribution in [0.4, 0.5) is 8.78 Å². The zero-order chi connectivity index (χ0) is 16.8. The number of benzene rings is 1. The van der Waals surface area contributed by atoms with Gasteiger partial charge in [0.05, 0.1) is 6.61 Å². The van der Waals surface area contributed by atoms with Crippen LogP contribution in [0, 0.1) is 5.92 Å². The van der Waals surface area contributed by atoms with Gasteiger partial charge in [-0.25, -0.2) is 0 Å². The number of hydrogen-bond acceptors (Lipinski definition) is 5. The van der Waals surface area contributed by atoms with Crippen LogP contribution in [-0.4, -0.2) is 44.2 Å². The highest BCUT2D eigenvalue weighted by Crippen LogP contribution is 2.17. The molecule has 1 aliphatic rings. The highest BCUT2D eigenvalue weighted by atomic mass is 79.9. The van der Waals surface area contributed by atoms with E-state index in [1.54, 1.807) is 24.3 Å². The van der Waals surface area contributed by atoms with Gasteiger partial charge in [0.2, 0.25) is 0 Å². The van der Waals surface area contributed by atoms with Crippen LogP contribution in [-0.2, 0) is 14.3 Å². The average Bonchev–Trinajstić information content (AvgIpc) is 3.00. The second-order valence-corrected chi connectivity index (χ2v) is 6.11. The molecule has 2 atom stereocenters. The maximum Gasteiger partial charge on any atom is 0.345 e. The Labute approximate surface area is 140 Å². The van der Waals surface area contributed by atoms with Crippen LogP contribution >= 0.6 is 15.9 Å². The molecule has 1 aliphatic heterocycles. The topological polar surface area (TPSA) is 64.6 Å². The van der Waals surface area contributed by atoms with Gasteiger partial charge in [0, 0.05) is 16.6 Å². The molecule has 1 unspecified atom stereocenters. The van der Waals surface area contributed by atoms with Crippen LogP contribution in [0.2, 0.25) is 0 Å². The summed E-state index contributed by atoms with van der Waals surface area (Å²) in [5.74, 6) is -1.04. The lowest BCUT2D eigenvalue weighted by Gasteiger charge is -2.11. The van der Waals surface area contributed by atoms with Gasteiger partial charge >= 0.3 is 12.6 Å². The number of hydrogen-bond donors (Lipinski definition) is 1. The molecule has 1 heterocycles. The predicted molar refractivity (Wildman–Crippen MR) is 81.3 cm³/mol. The minimum Gasteiger partial charge on any atom is -0.456 e. The van der Waals surface area contributed by atoms with Crippen molar-refractivity contribution in [3.63, 3.8) is 0 Å². The zero-order valence-electron chi connectivity index (χ0n) is 12.1. The number of rotatable bonds is 7. The number of ether oxygens (including phenoxy) is 2. The zero-order valence-corrected chi connectivity index (χ0v) is 13.7. The Hall–Kier alpha value is -1.38. The molecule has 0 saturated carbocycles. The molecule has 5 nitrogen and oxygen atoms in total. The summed E-state index contributed by atoms with van der Waals surface area (Å²) < 4.78 is 34.0. The van der Waals surface area contributed by atoms with Crippen LogP contribution < -0.4 is 5.32 Å². The molecule has 0 amide bonds. The molecule has 23 heavy (non-hydrogen) atoms. The van der Waals surface area contributed by atoms with Crippen molar-refractivity contribution in [2.75, 3.05) is 19.8 Å². The highest BCUT2D eigenvalue weighted by Gasteiger charge is 2.31. The molecule has 0 spiro atoms. The SMILES string of the molecule is O=C(COC(=O)[C@@H]1CC(COC(F)F)CN1)c1ccc(Br)cc1. The number of halogens is 3. The average molecular weight is 392 g/mol. The van der Waals surface area contributed by atoms with Crippen LogP contribution in [0.5, 0.6) is 0 Å². The molecule has 0 aromatic heterocycles. The molecule has 0 aliphatic carbocycles. The molecule has 1 aromatic carbocycles. The molecule has 2 rings (SSSR count). The second-order valence-electron chi connectivity index (χ2n) is 5.19. The number of carbonyl (C=O) groups is 2. The maximum absolute atomic E-state index is 12.0. The Bertz CT molecular complexity index is 553. The molecule has 1 saturated heterocycles. The van der Waals surface area contributed by atoms with Crippen LogP contribution in [0.1, 0.15) is 16.8 Å². The molecule has 8 heteroatoms. The largest absolute Gasteiger partial charge is 0.456 e. The van der Waals surface area contributed by atoms with Crippen molar-refractivity contribution in [1.29, 1.82) is 0 Å². The van der Waals surface area contributed by atoms with Gasteiger partial charge in [-0.1, -0.05) is 28.1 Å². The van der Waals surface area contributed by atoms with E-state index in [-0.39, 0.29) is 24.9 Å². The fraction of sp³-hybridized carbons (Fsp3) is 0.467. The first-order valence-corrected chi connectivity index (χ1v) is 7.83. The van der Waals surface area contributed by atoms with Crippen molar-refractivity contribution in [2.45, 2.75) is 19.1 Å². The lowest BCUT2D eigenvalue weighted by atomic mass is 10.1. The van der Waals surface area contributed by atoms with E-state index in [2.05, 4.69) is 26.0 Å². The number of ketones is 1. The third kappa shape index (κ3) is 5.63. The summed E-state index contributed by atoms with van der Waals surface area (Å²) in [7, 11) is 0. The summed E-state index contributed by atoms with van der Waals surface area (Å²) in [6.07, 6.45) is 0.345. The number of carbonyl (C=O) groups excluding carboxylic acids is 2. The summed E-state index contributed by atoms with van der Waals surface area (Å²) in [5.41, 5.74) is 0.448. The normalized spacial score (nSPS) is 20.7. The predicted octanol–water partition coefficient (Wildman–Crippen LogP) is 2.39. The summed E-state index contributed by atoms with van der Waals surface area (Å²) in [6, 6.07) is 6.11. The molecule has 1 aromatic rings. The van der Waals surface area contributed by atoms with Gasteiger partial charge < -0.3 is 14.8 Å². The van der Waals surface area contributed by atoms with E-state index >= 15 is 0 Å².